The van der Waals surface area contributed by atoms with Crippen molar-refractivity contribution in [2.75, 3.05) is 13.1 Å². The number of nitrogens with zero attached hydrogens (tertiary/aromatic N) is 2. The molecule has 0 unspecified atom stereocenters. The molecule has 2 atom stereocenters. The number of imidazole rings is 1. The Bertz CT molecular complexity index is 795. The summed E-state index contributed by atoms with van der Waals surface area (Å²) < 4.78 is 2.11. The lowest BCUT2D eigenvalue weighted by Crippen LogP contribution is -2.41. The van der Waals surface area contributed by atoms with Crippen molar-refractivity contribution >= 4 is 0 Å². The van der Waals surface area contributed by atoms with Crippen molar-refractivity contribution in [2.24, 2.45) is 0 Å². The van der Waals surface area contributed by atoms with E-state index in [1.54, 1.807) is 0 Å². The highest BCUT2D eigenvalue weighted by Gasteiger charge is 2.26. The standard InChI is InChI=1S/C20H21N3O/c24-19-14-21-11-10-18(19)23-13-12-22-20(23)17-8-6-16(7-9-17)15-4-2-1-3-5-15/h1-9,12-13,18-19,21,24H,10-11,14H2/t18-,19-/m0/s1. The maximum Gasteiger partial charge on any atom is 0.140 e. The fourth-order valence-electron chi connectivity index (χ4n) is 3.40. The van der Waals surface area contributed by atoms with E-state index < -0.39 is 0 Å². The summed E-state index contributed by atoms with van der Waals surface area (Å²) in [5.74, 6) is 0.917. The third kappa shape index (κ3) is 2.86. The second kappa shape index (κ2) is 6.59. The van der Waals surface area contributed by atoms with E-state index in [9.17, 15) is 5.11 Å². The van der Waals surface area contributed by atoms with E-state index >= 15 is 0 Å². The molecule has 1 aliphatic heterocycles. The number of nitrogens with one attached hydrogen (secondary N) is 1. The fourth-order valence-corrected chi connectivity index (χ4v) is 3.40. The molecule has 0 radical (unpaired) electrons. The van der Waals surface area contributed by atoms with Crippen LogP contribution in [0.25, 0.3) is 22.5 Å². The summed E-state index contributed by atoms with van der Waals surface area (Å²) >= 11 is 0. The molecule has 2 aromatic carbocycles. The molecule has 122 valence electrons. The molecule has 0 bridgehead atoms. The van der Waals surface area contributed by atoms with Gasteiger partial charge in [-0.25, -0.2) is 4.98 Å². The average Bonchev–Trinajstić information content (AvgIpc) is 3.12. The maximum absolute atomic E-state index is 10.3. The van der Waals surface area contributed by atoms with Crippen molar-refractivity contribution in [3.05, 3.63) is 67.0 Å². The molecule has 3 aromatic rings. The van der Waals surface area contributed by atoms with Gasteiger partial charge in [0.05, 0.1) is 12.1 Å². The minimum Gasteiger partial charge on any atom is -0.390 e. The summed E-state index contributed by atoms with van der Waals surface area (Å²) in [7, 11) is 0. The van der Waals surface area contributed by atoms with E-state index in [1.807, 2.05) is 18.5 Å². The summed E-state index contributed by atoms with van der Waals surface area (Å²) in [5.41, 5.74) is 3.48. The molecule has 0 amide bonds. The summed E-state index contributed by atoms with van der Waals surface area (Å²) in [6.45, 7) is 1.56. The Labute approximate surface area is 141 Å². The number of β-amino-alcohol motifs (C(OH)–C–C–N with tert-alkyl or cyclic N) is 1. The number of piperidine rings is 1. The van der Waals surface area contributed by atoms with Gasteiger partial charge in [-0.2, -0.15) is 0 Å². The van der Waals surface area contributed by atoms with Crippen LogP contribution in [0.1, 0.15) is 12.5 Å². The molecular weight excluding hydrogens is 298 g/mol. The van der Waals surface area contributed by atoms with Crippen molar-refractivity contribution < 1.29 is 5.11 Å². The molecule has 1 fully saturated rings. The van der Waals surface area contributed by atoms with Gasteiger partial charge < -0.3 is 15.0 Å². The van der Waals surface area contributed by atoms with Crippen LogP contribution in [0.3, 0.4) is 0 Å². The summed E-state index contributed by atoms with van der Waals surface area (Å²) in [4.78, 5) is 4.53. The fraction of sp³-hybridized carbons (Fsp3) is 0.250. The van der Waals surface area contributed by atoms with Crippen LogP contribution in [0.5, 0.6) is 0 Å². The van der Waals surface area contributed by atoms with Gasteiger partial charge in [0.25, 0.3) is 0 Å². The lowest BCUT2D eigenvalue weighted by Gasteiger charge is -2.30. The first kappa shape index (κ1) is 15.1. The Morgan fingerprint density at radius 2 is 1.67 bits per heavy atom. The number of aliphatic hydroxyl groups is 1. The number of hydrogen-bond acceptors (Lipinski definition) is 3. The van der Waals surface area contributed by atoms with E-state index in [0.29, 0.717) is 6.54 Å². The lowest BCUT2D eigenvalue weighted by atomic mass is 10.0. The minimum absolute atomic E-state index is 0.0811. The molecule has 1 aromatic heterocycles. The number of benzene rings is 2. The zero-order chi connectivity index (χ0) is 16.4. The molecule has 4 nitrogen and oxygen atoms in total. The van der Waals surface area contributed by atoms with E-state index in [1.165, 1.54) is 11.1 Å². The van der Waals surface area contributed by atoms with Gasteiger partial charge in [-0.1, -0.05) is 54.6 Å². The average molecular weight is 319 g/mol. The highest BCUT2D eigenvalue weighted by Crippen LogP contribution is 2.28. The van der Waals surface area contributed by atoms with Crippen molar-refractivity contribution in [1.82, 2.24) is 14.9 Å². The van der Waals surface area contributed by atoms with Crippen LogP contribution in [0.15, 0.2) is 67.0 Å². The van der Waals surface area contributed by atoms with Gasteiger partial charge in [-0.05, 0) is 24.1 Å². The first-order valence-corrected chi connectivity index (χ1v) is 8.40. The van der Waals surface area contributed by atoms with Crippen LogP contribution >= 0.6 is 0 Å². The van der Waals surface area contributed by atoms with Crippen molar-refractivity contribution in [3.8, 4) is 22.5 Å². The molecule has 0 spiro atoms. The molecule has 1 saturated heterocycles. The van der Waals surface area contributed by atoms with Crippen LogP contribution in [-0.4, -0.2) is 33.9 Å². The number of rotatable bonds is 3. The summed E-state index contributed by atoms with van der Waals surface area (Å²) in [6.07, 6.45) is 4.32. The third-order valence-corrected chi connectivity index (χ3v) is 4.69. The third-order valence-electron chi connectivity index (χ3n) is 4.69. The van der Waals surface area contributed by atoms with Crippen molar-refractivity contribution in [2.45, 2.75) is 18.6 Å². The number of aromatic nitrogens is 2. The topological polar surface area (TPSA) is 50.1 Å². The van der Waals surface area contributed by atoms with Gasteiger partial charge >= 0.3 is 0 Å². The summed E-state index contributed by atoms with van der Waals surface area (Å²) in [6, 6.07) is 18.9. The molecule has 2 N–H and O–H groups in total. The van der Waals surface area contributed by atoms with E-state index in [4.69, 9.17) is 0 Å². The van der Waals surface area contributed by atoms with E-state index in [0.717, 1.165) is 24.4 Å². The first-order chi connectivity index (χ1) is 11.8. The number of hydrogen-bond donors (Lipinski definition) is 2. The summed E-state index contributed by atoms with van der Waals surface area (Å²) in [5, 5.41) is 13.5. The molecule has 0 saturated carbocycles. The van der Waals surface area contributed by atoms with Gasteiger partial charge in [0, 0.05) is 24.5 Å². The van der Waals surface area contributed by atoms with Crippen LogP contribution in [0.4, 0.5) is 0 Å². The van der Waals surface area contributed by atoms with Gasteiger partial charge in [-0.3, -0.25) is 0 Å². The van der Waals surface area contributed by atoms with Gasteiger partial charge in [0.1, 0.15) is 5.82 Å². The Balaban J connectivity index is 1.64. The monoisotopic (exact) mass is 319 g/mol. The second-order valence-corrected chi connectivity index (χ2v) is 6.23. The van der Waals surface area contributed by atoms with Gasteiger partial charge in [0.15, 0.2) is 0 Å². The Hall–Kier alpha value is -2.43. The van der Waals surface area contributed by atoms with Crippen LogP contribution < -0.4 is 5.32 Å². The predicted molar refractivity (Wildman–Crippen MR) is 95.6 cm³/mol. The highest BCUT2D eigenvalue weighted by molar-refractivity contribution is 5.67. The molecule has 4 rings (SSSR count). The van der Waals surface area contributed by atoms with E-state index in [-0.39, 0.29) is 12.1 Å². The SMILES string of the molecule is O[C@H]1CNCC[C@@H]1n1ccnc1-c1ccc(-c2ccccc2)cc1. The smallest absolute Gasteiger partial charge is 0.140 e. The Kier molecular flexibility index (Phi) is 4.15. The van der Waals surface area contributed by atoms with Crippen LogP contribution in [-0.2, 0) is 0 Å². The van der Waals surface area contributed by atoms with Gasteiger partial charge in [0.2, 0.25) is 0 Å². The van der Waals surface area contributed by atoms with Crippen LogP contribution in [0.2, 0.25) is 0 Å². The molecule has 4 heteroatoms. The highest BCUT2D eigenvalue weighted by atomic mass is 16.3. The predicted octanol–water partition coefficient (Wildman–Crippen LogP) is 3.11. The molecule has 2 heterocycles. The number of aliphatic hydroxyl groups excluding tert-OH is 1. The second-order valence-electron chi connectivity index (χ2n) is 6.23. The maximum atomic E-state index is 10.3. The lowest BCUT2D eigenvalue weighted by molar-refractivity contribution is 0.0880. The first-order valence-electron chi connectivity index (χ1n) is 8.40. The molecule has 24 heavy (non-hydrogen) atoms. The normalized spacial score (nSPS) is 20.9. The van der Waals surface area contributed by atoms with Crippen LogP contribution in [0, 0.1) is 0 Å². The zero-order valence-electron chi connectivity index (χ0n) is 13.5. The Morgan fingerprint density at radius 1 is 0.958 bits per heavy atom. The molecule has 1 aliphatic rings. The zero-order valence-corrected chi connectivity index (χ0v) is 13.5. The van der Waals surface area contributed by atoms with Gasteiger partial charge in [-0.15, -0.1) is 0 Å². The Morgan fingerprint density at radius 3 is 2.42 bits per heavy atom. The quantitative estimate of drug-likeness (QED) is 0.780. The molecule has 0 aliphatic carbocycles. The van der Waals surface area contributed by atoms with Crippen molar-refractivity contribution in [1.29, 1.82) is 0 Å². The largest absolute Gasteiger partial charge is 0.390 e. The minimum atomic E-state index is -0.379. The molecular formula is C20H21N3O. The van der Waals surface area contributed by atoms with Crippen molar-refractivity contribution in [3.63, 3.8) is 0 Å². The van der Waals surface area contributed by atoms with E-state index in [2.05, 4.69) is 63.4 Å².